The van der Waals surface area contributed by atoms with Crippen LogP contribution in [0, 0.1) is 0 Å². The van der Waals surface area contributed by atoms with Gasteiger partial charge in [0.15, 0.2) is 0 Å². The minimum Gasteiger partial charge on any atom is -0.480 e. The van der Waals surface area contributed by atoms with Crippen molar-refractivity contribution in [2.24, 2.45) is 11.5 Å². The quantitative estimate of drug-likeness (QED) is 0.253. The Bertz CT molecular complexity index is 523. The Hall–Kier alpha value is -2.69. The highest BCUT2D eigenvalue weighted by atomic mass is 16.4. The van der Waals surface area contributed by atoms with E-state index in [0.717, 1.165) is 0 Å². The fraction of sp³-hybridized carbons (Fsp3) is 0.615. The fourth-order valence-corrected chi connectivity index (χ4v) is 1.50. The second kappa shape index (κ2) is 9.45. The Kier molecular flexibility index (Phi) is 8.39. The van der Waals surface area contributed by atoms with E-state index in [4.69, 9.17) is 16.6 Å². The molecular formula is C13H23N5O6. The van der Waals surface area contributed by atoms with Gasteiger partial charge in [-0.15, -0.1) is 0 Å². The molecule has 136 valence electrons. The van der Waals surface area contributed by atoms with Crippen LogP contribution in [-0.4, -0.2) is 58.9 Å². The molecule has 0 rings (SSSR count). The summed E-state index contributed by atoms with van der Waals surface area (Å²) < 4.78 is 0. The van der Waals surface area contributed by atoms with Crippen molar-refractivity contribution in [1.82, 2.24) is 16.0 Å². The van der Waals surface area contributed by atoms with Crippen LogP contribution in [0.15, 0.2) is 0 Å². The molecule has 0 saturated carbocycles. The van der Waals surface area contributed by atoms with Gasteiger partial charge < -0.3 is 32.5 Å². The molecule has 11 heteroatoms. The van der Waals surface area contributed by atoms with Crippen LogP contribution >= 0.6 is 0 Å². The number of nitrogens with two attached hydrogens (primary N) is 2. The van der Waals surface area contributed by atoms with E-state index >= 15 is 0 Å². The molecule has 11 nitrogen and oxygen atoms in total. The minimum atomic E-state index is -1.22. The van der Waals surface area contributed by atoms with Gasteiger partial charge in [0.1, 0.15) is 18.1 Å². The molecule has 0 aliphatic carbocycles. The van der Waals surface area contributed by atoms with Crippen LogP contribution in [0.4, 0.5) is 0 Å². The second-order valence-electron chi connectivity index (χ2n) is 5.31. The molecule has 24 heavy (non-hydrogen) atoms. The predicted molar refractivity (Wildman–Crippen MR) is 82.2 cm³/mol. The van der Waals surface area contributed by atoms with Crippen LogP contribution < -0.4 is 27.4 Å². The smallest absolute Gasteiger partial charge is 0.325 e. The summed E-state index contributed by atoms with van der Waals surface area (Å²) >= 11 is 0. The number of aliphatic carboxylic acids is 1. The first kappa shape index (κ1) is 21.3. The van der Waals surface area contributed by atoms with Crippen molar-refractivity contribution in [3.05, 3.63) is 0 Å². The lowest BCUT2D eigenvalue weighted by molar-refractivity contribution is -0.141. The van der Waals surface area contributed by atoms with Crippen LogP contribution in [0.1, 0.15) is 27.2 Å². The largest absolute Gasteiger partial charge is 0.480 e. The maximum atomic E-state index is 11.9. The van der Waals surface area contributed by atoms with Crippen molar-refractivity contribution in [2.45, 2.75) is 51.4 Å². The Morgan fingerprint density at radius 3 is 1.58 bits per heavy atom. The van der Waals surface area contributed by atoms with Crippen LogP contribution in [0.3, 0.4) is 0 Å². The zero-order chi connectivity index (χ0) is 19.0. The summed E-state index contributed by atoms with van der Waals surface area (Å²) in [4.78, 5) is 56.6. The molecule has 0 aliphatic heterocycles. The molecule has 0 bridgehead atoms. The highest BCUT2D eigenvalue weighted by Gasteiger charge is 2.25. The Balaban J connectivity index is 4.48. The highest BCUT2D eigenvalue weighted by molar-refractivity contribution is 5.94. The molecule has 0 heterocycles. The standard InChI is InChI=1S/C13H23N5O6/c1-5(11(21)18-7(3)13(23)24)16-10(20)6(2)17-12(22)8(14)4-9(15)19/h5-8H,4,14H2,1-3H3,(H2,15,19)(H,16,20)(H,17,22)(H,18,21)(H,23,24). The van der Waals surface area contributed by atoms with E-state index in [2.05, 4.69) is 16.0 Å². The van der Waals surface area contributed by atoms with Crippen molar-refractivity contribution in [1.29, 1.82) is 0 Å². The van der Waals surface area contributed by atoms with Gasteiger partial charge in [-0.1, -0.05) is 0 Å². The molecule has 0 fully saturated rings. The molecule has 0 aromatic rings. The molecule has 0 aromatic heterocycles. The molecule has 0 saturated heterocycles. The SMILES string of the molecule is CC(NC(=O)C(C)NC(=O)C(C)NC(=O)C(N)CC(N)=O)C(=O)O. The van der Waals surface area contributed by atoms with E-state index in [0.29, 0.717) is 0 Å². The first-order valence-electron chi connectivity index (χ1n) is 7.13. The summed E-state index contributed by atoms with van der Waals surface area (Å²) in [5.41, 5.74) is 10.4. The molecule has 4 unspecified atom stereocenters. The summed E-state index contributed by atoms with van der Waals surface area (Å²) in [5.74, 6) is -4.09. The van der Waals surface area contributed by atoms with Gasteiger partial charge in [-0.25, -0.2) is 0 Å². The average Bonchev–Trinajstić information content (AvgIpc) is 2.45. The number of nitrogens with one attached hydrogen (secondary N) is 3. The topological polar surface area (TPSA) is 194 Å². The lowest BCUT2D eigenvalue weighted by atomic mass is 10.2. The van der Waals surface area contributed by atoms with Gasteiger partial charge in [-0.3, -0.25) is 24.0 Å². The number of primary amides is 1. The predicted octanol–water partition coefficient (Wildman–Crippen LogP) is -3.21. The molecule has 4 amide bonds. The van der Waals surface area contributed by atoms with Crippen LogP contribution in [0.5, 0.6) is 0 Å². The molecule has 4 atom stereocenters. The summed E-state index contributed by atoms with van der Waals surface area (Å²) in [6.45, 7) is 3.99. The monoisotopic (exact) mass is 345 g/mol. The van der Waals surface area contributed by atoms with Crippen molar-refractivity contribution >= 4 is 29.6 Å². The average molecular weight is 345 g/mol. The number of carbonyl (C=O) groups is 5. The van der Waals surface area contributed by atoms with Gasteiger partial charge in [-0.05, 0) is 20.8 Å². The highest BCUT2D eigenvalue weighted by Crippen LogP contribution is 1.93. The van der Waals surface area contributed by atoms with E-state index < -0.39 is 53.8 Å². The van der Waals surface area contributed by atoms with Gasteiger partial charge in [0.2, 0.25) is 23.6 Å². The van der Waals surface area contributed by atoms with E-state index in [9.17, 15) is 24.0 Å². The maximum Gasteiger partial charge on any atom is 0.325 e. The molecule has 8 N–H and O–H groups in total. The zero-order valence-electron chi connectivity index (χ0n) is 13.7. The second-order valence-corrected chi connectivity index (χ2v) is 5.31. The van der Waals surface area contributed by atoms with Gasteiger partial charge in [0.25, 0.3) is 0 Å². The first-order valence-corrected chi connectivity index (χ1v) is 7.13. The Morgan fingerprint density at radius 2 is 1.21 bits per heavy atom. The molecule has 0 spiro atoms. The van der Waals surface area contributed by atoms with Gasteiger partial charge >= 0.3 is 5.97 Å². The van der Waals surface area contributed by atoms with E-state index in [1.54, 1.807) is 0 Å². The number of carbonyl (C=O) groups excluding carboxylic acids is 4. The molecular weight excluding hydrogens is 322 g/mol. The number of hydrogen-bond donors (Lipinski definition) is 6. The summed E-state index contributed by atoms with van der Waals surface area (Å²) in [6.07, 6.45) is -0.369. The third-order valence-electron chi connectivity index (χ3n) is 2.99. The third kappa shape index (κ3) is 7.54. The third-order valence-corrected chi connectivity index (χ3v) is 2.99. The number of hydrogen-bond acceptors (Lipinski definition) is 6. The first-order chi connectivity index (χ1) is 11.0. The molecule has 0 radical (unpaired) electrons. The lowest BCUT2D eigenvalue weighted by Gasteiger charge is -2.20. The van der Waals surface area contributed by atoms with Gasteiger partial charge in [0, 0.05) is 0 Å². The normalized spacial score (nSPS) is 15.3. The van der Waals surface area contributed by atoms with E-state index in [1.807, 2.05) is 0 Å². The van der Waals surface area contributed by atoms with Gasteiger partial charge in [0.05, 0.1) is 12.5 Å². The van der Waals surface area contributed by atoms with Crippen molar-refractivity contribution in [3.8, 4) is 0 Å². The molecule has 0 aliphatic rings. The lowest BCUT2D eigenvalue weighted by Crippen LogP contribution is -2.55. The molecule has 0 aromatic carbocycles. The van der Waals surface area contributed by atoms with Crippen molar-refractivity contribution in [2.75, 3.05) is 0 Å². The Labute approximate surface area is 138 Å². The van der Waals surface area contributed by atoms with Crippen LogP contribution in [0.25, 0.3) is 0 Å². The number of rotatable bonds is 9. The maximum absolute atomic E-state index is 11.9. The van der Waals surface area contributed by atoms with E-state index in [1.165, 1.54) is 20.8 Å². The van der Waals surface area contributed by atoms with Crippen LogP contribution in [-0.2, 0) is 24.0 Å². The summed E-state index contributed by atoms with van der Waals surface area (Å²) in [7, 11) is 0. The van der Waals surface area contributed by atoms with Crippen molar-refractivity contribution in [3.63, 3.8) is 0 Å². The van der Waals surface area contributed by atoms with Gasteiger partial charge in [-0.2, -0.15) is 0 Å². The van der Waals surface area contributed by atoms with E-state index in [-0.39, 0.29) is 6.42 Å². The Morgan fingerprint density at radius 1 is 0.833 bits per heavy atom. The fourth-order valence-electron chi connectivity index (χ4n) is 1.50. The number of carboxylic acid groups (broad SMARTS) is 1. The van der Waals surface area contributed by atoms with Crippen LogP contribution in [0.2, 0.25) is 0 Å². The summed E-state index contributed by atoms with van der Waals surface area (Å²) in [5, 5.41) is 15.5. The minimum absolute atomic E-state index is 0.369. The number of carboxylic acids is 1. The van der Waals surface area contributed by atoms with Crippen molar-refractivity contribution < 1.29 is 29.1 Å². The summed E-state index contributed by atoms with van der Waals surface area (Å²) in [6, 6.07) is -4.34. The zero-order valence-corrected chi connectivity index (χ0v) is 13.7. The number of amides is 4.